The van der Waals surface area contributed by atoms with Gasteiger partial charge in [-0.15, -0.1) is 0 Å². The van der Waals surface area contributed by atoms with Gasteiger partial charge in [-0.3, -0.25) is 4.79 Å². The van der Waals surface area contributed by atoms with Gasteiger partial charge in [0.05, 0.1) is 15.7 Å². The van der Waals surface area contributed by atoms with E-state index < -0.39 is 0 Å². The minimum Gasteiger partial charge on any atom is -0.324 e. The Balaban J connectivity index is 2.21. The molecule has 1 N–H and O–H groups in total. The second kappa shape index (κ2) is 10.1. The van der Waals surface area contributed by atoms with E-state index in [0.717, 1.165) is 12.8 Å². The SMILES string of the molecule is CCCCCCCCCC(=O)Nc1c(Cl)cccc1Cl. The van der Waals surface area contributed by atoms with E-state index in [1.54, 1.807) is 18.2 Å². The number of amides is 1. The van der Waals surface area contributed by atoms with E-state index in [-0.39, 0.29) is 5.91 Å². The quantitative estimate of drug-likeness (QED) is 0.550. The fourth-order valence-corrected chi connectivity index (χ4v) is 2.55. The summed E-state index contributed by atoms with van der Waals surface area (Å²) in [5, 5.41) is 3.74. The molecule has 0 unspecified atom stereocenters. The first-order valence-corrected chi connectivity index (χ1v) is 8.14. The molecule has 0 heterocycles. The summed E-state index contributed by atoms with van der Waals surface area (Å²) in [7, 11) is 0. The van der Waals surface area contributed by atoms with E-state index in [0.29, 0.717) is 22.2 Å². The van der Waals surface area contributed by atoms with E-state index in [9.17, 15) is 4.79 Å². The maximum Gasteiger partial charge on any atom is 0.224 e. The van der Waals surface area contributed by atoms with Crippen LogP contribution in [-0.4, -0.2) is 5.91 Å². The molecule has 0 aromatic heterocycles. The van der Waals surface area contributed by atoms with Gasteiger partial charge in [-0.25, -0.2) is 0 Å². The molecule has 0 atom stereocenters. The first-order valence-electron chi connectivity index (χ1n) is 7.39. The van der Waals surface area contributed by atoms with Gasteiger partial charge in [-0.1, -0.05) is 74.7 Å². The lowest BCUT2D eigenvalue weighted by Gasteiger charge is -2.09. The highest BCUT2D eigenvalue weighted by Crippen LogP contribution is 2.29. The summed E-state index contributed by atoms with van der Waals surface area (Å²) in [6.07, 6.45) is 8.90. The second-order valence-corrected chi connectivity index (χ2v) is 5.83. The first kappa shape index (κ1) is 17.3. The fourth-order valence-electron chi connectivity index (χ4n) is 2.06. The van der Waals surface area contributed by atoms with Crippen molar-refractivity contribution < 1.29 is 4.79 Å². The molecule has 4 heteroatoms. The molecule has 20 heavy (non-hydrogen) atoms. The van der Waals surface area contributed by atoms with Crippen LogP contribution < -0.4 is 5.32 Å². The topological polar surface area (TPSA) is 29.1 Å². The number of halogens is 2. The molecule has 0 spiro atoms. The van der Waals surface area contributed by atoms with Gasteiger partial charge in [0.15, 0.2) is 0 Å². The third-order valence-corrected chi connectivity index (χ3v) is 3.86. The minimum absolute atomic E-state index is 0.0199. The average Bonchev–Trinajstić information content (AvgIpc) is 2.42. The van der Waals surface area contributed by atoms with Crippen molar-refractivity contribution in [3.63, 3.8) is 0 Å². The molecule has 0 fully saturated rings. The molecule has 112 valence electrons. The predicted octanol–water partition coefficient (Wildman–Crippen LogP) is 6.07. The first-order chi connectivity index (χ1) is 9.65. The van der Waals surface area contributed by atoms with Gasteiger partial charge in [0.25, 0.3) is 0 Å². The van der Waals surface area contributed by atoms with Crippen LogP contribution in [0.2, 0.25) is 10.0 Å². The highest BCUT2D eigenvalue weighted by Gasteiger charge is 2.09. The van der Waals surface area contributed by atoms with Gasteiger partial charge in [-0.2, -0.15) is 0 Å². The minimum atomic E-state index is -0.0199. The van der Waals surface area contributed by atoms with Crippen LogP contribution in [-0.2, 0) is 4.79 Å². The Labute approximate surface area is 131 Å². The summed E-state index contributed by atoms with van der Waals surface area (Å²) in [6, 6.07) is 5.20. The van der Waals surface area contributed by atoms with Crippen LogP contribution >= 0.6 is 23.2 Å². The van der Waals surface area contributed by atoms with Gasteiger partial charge in [0.1, 0.15) is 0 Å². The summed E-state index contributed by atoms with van der Waals surface area (Å²) in [6.45, 7) is 2.21. The van der Waals surface area contributed by atoms with Gasteiger partial charge in [0.2, 0.25) is 5.91 Å². The molecule has 2 nitrogen and oxygen atoms in total. The number of hydrogen-bond donors (Lipinski definition) is 1. The summed E-state index contributed by atoms with van der Waals surface area (Å²) < 4.78 is 0. The smallest absolute Gasteiger partial charge is 0.224 e. The number of nitrogens with one attached hydrogen (secondary N) is 1. The van der Waals surface area contributed by atoms with Gasteiger partial charge in [0, 0.05) is 6.42 Å². The molecule has 1 aromatic carbocycles. The maximum atomic E-state index is 11.8. The highest BCUT2D eigenvalue weighted by molar-refractivity contribution is 6.39. The second-order valence-electron chi connectivity index (χ2n) is 5.02. The van der Waals surface area contributed by atoms with Gasteiger partial charge >= 0.3 is 0 Å². The zero-order valence-electron chi connectivity index (χ0n) is 12.1. The normalized spacial score (nSPS) is 10.6. The van der Waals surface area contributed by atoms with Gasteiger partial charge in [-0.05, 0) is 18.6 Å². The average molecular weight is 316 g/mol. The Morgan fingerprint density at radius 1 is 1.00 bits per heavy atom. The Kier molecular flexibility index (Phi) is 8.72. The third-order valence-electron chi connectivity index (χ3n) is 3.23. The number of hydrogen-bond acceptors (Lipinski definition) is 1. The number of rotatable bonds is 9. The van der Waals surface area contributed by atoms with Crippen molar-refractivity contribution in [3.8, 4) is 0 Å². The van der Waals surface area contributed by atoms with Crippen molar-refractivity contribution in [2.75, 3.05) is 5.32 Å². The van der Waals surface area contributed by atoms with Crippen molar-refractivity contribution in [2.45, 2.75) is 58.3 Å². The number of carbonyl (C=O) groups is 1. The zero-order valence-corrected chi connectivity index (χ0v) is 13.6. The molecule has 0 aliphatic carbocycles. The Morgan fingerprint density at radius 2 is 1.55 bits per heavy atom. The van der Waals surface area contributed by atoms with E-state index in [1.807, 2.05) is 0 Å². The van der Waals surface area contributed by atoms with Crippen LogP contribution in [0.25, 0.3) is 0 Å². The van der Waals surface area contributed by atoms with Crippen molar-refractivity contribution in [1.82, 2.24) is 0 Å². The molecule has 0 aliphatic rings. The number of benzene rings is 1. The third kappa shape index (κ3) is 6.62. The zero-order chi connectivity index (χ0) is 14.8. The summed E-state index contributed by atoms with van der Waals surface area (Å²) in [4.78, 5) is 11.8. The lowest BCUT2D eigenvalue weighted by Crippen LogP contribution is -2.11. The molecule has 0 saturated heterocycles. The van der Waals surface area contributed by atoms with E-state index in [2.05, 4.69) is 12.2 Å². The van der Waals surface area contributed by atoms with Crippen LogP contribution in [0, 0.1) is 0 Å². The number of carbonyl (C=O) groups excluding carboxylic acids is 1. The Bertz CT molecular complexity index is 401. The molecule has 1 aromatic rings. The molecule has 0 bridgehead atoms. The Hall–Kier alpha value is -0.730. The van der Waals surface area contributed by atoms with Crippen LogP contribution in [0.4, 0.5) is 5.69 Å². The standard InChI is InChI=1S/C16H23Cl2NO/c1-2-3-4-5-6-7-8-12-15(20)19-16-13(17)10-9-11-14(16)18/h9-11H,2-8,12H2,1H3,(H,19,20). The molecule has 1 rings (SSSR count). The van der Waals surface area contributed by atoms with Crippen molar-refractivity contribution in [3.05, 3.63) is 28.2 Å². The number of unbranched alkanes of at least 4 members (excludes halogenated alkanes) is 6. The molecular formula is C16H23Cl2NO. The van der Waals surface area contributed by atoms with Crippen LogP contribution in [0.5, 0.6) is 0 Å². The van der Waals surface area contributed by atoms with Crippen molar-refractivity contribution in [2.24, 2.45) is 0 Å². The van der Waals surface area contributed by atoms with Gasteiger partial charge < -0.3 is 5.32 Å². The van der Waals surface area contributed by atoms with E-state index >= 15 is 0 Å². The van der Waals surface area contributed by atoms with Crippen LogP contribution in [0.3, 0.4) is 0 Å². The lowest BCUT2D eigenvalue weighted by atomic mass is 10.1. The van der Waals surface area contributed by atoms with E-state index in [4.69, 9.17) is 23.2 Å². The van der Waals surface area contributed by atoms with E-state index in [1.165, 1.54) is 32.1 Å². The Morgan fingerprint density at radius 3 is 2.15 bits per heavy atom. The van der Waals surface area contributed by atoms with Crippen LogP contribution in [0.1, 0.15) is 58.3 Å². The van der Waals surface area contributed by atoms with Crippen LogP contribution in [0.15, 0.2) is 18.2 Å². The molecular weight excluding hydrogens is 293 g/mol. The highest BCUT2D eigenvalue weighted by atomic mass is 35.5. The van der Waals surface area contributed by atoms with Crippen molar-refractivity contribution >= 4 is 34.8 Å². The predicted molar refractivity (Wildman–Crippen MR) is 87.7 cm³/mol. The monoisotopic (exact) mass is 315 g/mol. The largest absolute Gasteiger partial charge is 0.324 e. The maximum absolute atomic E-state index is 11.8. The summed E-state index contributed by atoms with van der Waals surface area (Å²) >= 11 is 12.0. The molecule has 0 radical (unpaired) electrons. The lowest BCUT2D eigenvalue weighted by molar-refractivity contribution is -0.116. The van der Waals surface area contributed by atoms with Crippen molar-refractivity contribution in [1.29, 1.82) is 0 Å². The summed E-state index contributed by atoms with van der Waals surface area (Å²) in [5.41, 5.74) is 0.517. The molecule has 0 saturated carbocycles. The number of para-hydroxylation sites is 1. The molecule has 0 aliphatic heterocycles. The summed E-state index contributed by atoms with van der Waals surface area (Å²) in [5.74, 6) is -0.0199. The number of anilines is 1. The fraction of sp³-hybridized carbons (Fsp3) is 0.562. The molecule has 1 amide bonds.